The number of hydrogen-bond acceptors (Lipinski definition) is 7. The third-order valence-electron chi connectivity index (χ3n) is 2.96. The van der Waals surface area contributed by atoms with Gasteiger partial charge in [-0.05, 0) is 0 Å². The van der Waals surface area contributed by atoms with Gasteiger partial charge in [-0.25, -0.2) is 14.9 Å². The van der Waals surface area contributed by atoms with Gasteiger partial charge in [0.1, 0.15) is 18.3 Å². The quantitative estimate of drug-likeness (QED) is 0.366. The van der Waals surface area contributed by atoms with E-state index in [2.05, 4.69) is 4.52 Å². The van der Waals surface area contributed by atoms with Crippen molar-refractivity contribution in [3.05, 3.63) is 32.9 Å². The van der Waals surface area contributed by atoms with E-state index in [4.69, 9.17) is 15.1 Å². The Balaban J connectivity index is 2.23. The van der Waals surface area contributed by atoms with Crippen molar-refractivity contribution in [1.29, 1.82) is 0 Å². The number of nitrogens with two attached hydrogens (primary N) is 1. The van der Waals surface area contributed by atoms with Gasteiger partial charge in [-0.1, -0.05) is 0 Å². The van der Waals surface area contributed by atoms with E-state index < -0.39 is 56.0 Å². The fourth-order valence-electron chi connectivity index (χ4n) is 1.93. The largest absolute Gasteiger partial charge is 0.400 e. The van der Waals surface area contributed by atoms with Crippen LogP contribution in [0.2, 0.25) is 0 Å². The number of aromatic amines is 1. The van der Waals surface area contributed by atoms with Crippen molar-refractivity contribution >= 4 is 7.75 Å². The summed E-state index contributed by atoms with van der Waals surface area (Å²) in [7, 11) is -4.33. The molecular formula is C9H13FN3O8P. The lowest BCUT2D eigenvalue weighted by atomic mass is 10.1. The van der Waals surface area contributed by atoms with E-state index in [0.29, 0.717) is 10.8 Å². The van der Waals surface area contributed by atoms with Crippen LogP contribution in [0.3, 0.4) is 0 Å². The molecular weight excluding hydrogens is 328 g/mol. The molecule has 22 heavy (non-hydrogen) atoms. The van der Waals surface area contributed by atoms with Crippen LogP contribution in [-0.4, -0.2) is 49.6 Å². The maximum absolute atomic E-state index is 13.2. The molecule has 1 aliphatic rings. The van der Waals surface area contributed by atoms with E-state index >= 15 is 0 Å². The zero-order chi connectivity index (χ0) is 16.7. The van der Waals surface area contributed by atoms with Gasteiger partial charge in [0.25, 0.3) is 5.56 Å². The van der Waals surface area contributed by atoms with Gasteiger partial charge in [-0.15, -0.1) is 0 Å². The topological polar surface area (TPSA) is 177 Å². The van der Waals surface area contributed by atoms with E-state index in [1.54, 1.807) is 4.98 Å². The molecule has 124 valence electrons. The minimum atomic E-state index is -4.33. The second-order valence-corrected chi connectivity index (χ2v) is 5.94. The van der Waals surface area contributed by atoms with E-state index in [-0.39, 0.29) is 0 Å². The predicted octanol–water partition coefficient (Wildman–Crippen LogP) is -2.63. The molecule has 1 aromatic heterocycles. The molecule has 2 rings (SSSR count). The summed E-state index contributed by atoms with van der Waals surface area (Å²) < 4.78 is 34.0. The molecule has 0 radical (unpaired) electrons. The van der Waals surface area contributed by atoms with Gasteiger partial charge in [0.05, 0.1) is 12.8 Å². The van der Waals surface area contributed by atoms with Crippen LogP contribution in [0.25, 0.3) is 0 Å². The van der Waals surface area contributed by atoms with Crippen molar-refractivity contribution in [2.24, 2.45) is 5.50 Å². The molecule has 0 bridgehead atoms. The molecule has 13 heteroatoms. The molecule has 11 nitrogen and oxygen atoms in total. The third-order valence-corrected chi connectivity index (χ3v) is 3.48. The number of nitrogens with one attached hydrogen (secondary N) is 1. The van der Waals surface area contributed by atoms with Crippen molar-refractivity contribution in [1.82, 2.24) is 9.55 Å². The zero-order valence-electron chi connectivity index (χ0n) is 10.8. The van der Waals surface area contributed by atoms with Crippen molar-refractivity contribution in [2.75, 3.05) is 6.61 Å². The molecule has 0 amide bonds. The van der Waals surface area contributed by atoms with E-state index in [1.165, 1.54) is 0 Å². The first kappa shape index (κ1) is 17.0. The number of nitrogens with zero attached hydrogens (tertiary/aromatic N) is 1. The molecule has 5 atom stereocenters. The van der Waals surface area contributed by atoms with Crippen LogP contribution in [0.1, 0.15) is 6.23 Å². The first-order chi connectivity index (χ1) is 10.1. The maximum atomic E-state index is 13.2. The highest BCUT2D eigenvalue weighted by Gasteiger charge is 2.45. The Bertz CT molecular complexity index is 714. The minimum absolute atomic E-state index is 0.505. The molecule has 0 spiro atoms. The number of halogens is 1. The average molecular weight is 341 g/mol. The van der Waals surface area contributed by atoms with E-state index in [1.807, 2.05) is 0 Å². The Morgan fingerprint density at radius 3 is 2.68 bits per heavy atom. The Labute approximate surface area is 121 Å². The first-order valence-electron chi connectivity index (χ1n) is 5.88. The van der Waals surface area contributed by atoms with E-state index in [0.717, 1.165) is 0 Å². The third kappa shape index (κ3) is 3.50. The molecule has 1 aromatic rings. The summed E-state index contributed by atoms with van der Waals surface area (Å²) in [5.41, 5.74) is 2.42. The fraction of sp³-hybridized carbons (Fsp3) is 0.556. The Hall–Kier alpha value is -1.40. The molecule has 1 aliphatic heterocycles. The zero-order valence-corrected chi connectivity index (χ0v) is 11.7. The monoisotopic (exact) mass is 341 g/mol. The second-order valence-electron chi connectivity index (χ2n) is 4.55. The Morgan fingerprint density at radius 2 is 2.09 bits per heavy atom. The molecule has 0 aliphatic carbocycles. The van der Waals surface area contributed by atoms with Gasteiger partial charge in [0, 0.05) is 0 Å². The van der Waals surface area contributed by atoms with Crippen molar-refractivity contribution in [2.45, 2.75) is 24.5 Å². The SMILES string of the molecule is NP(=O)(O)OC[C@H]1O[C@@H](n2cc(F)c(=O)[nH]c2=O)[C@H](O)[C@@H]1O. The Morgan fingerprint density at radius 1 is 1.45 bits per heavy atom. The second kappa shape index (κ2) is 6.01. The predicted molar refractivity (Wildman–Crippen MR) is 67.2 cm³/mol. The number of ether oxygens (including phenoxy) is 1. The first-order valence-corrected chi connectivity index (χ1v) is 7.53. The molecule has 1 unspecified atom stereocenters. The van der Waals surface area contributed by atoms with Gasteiger partial charge in [-0.3, -0.25) is 18.9 Å². The van der Waals surface area contributed by atoms with Gasteiger partial charge in [0.2, 0.25) is 5.82 Å². The lowest BCUT2D eigenvalue weighted by Gasteiger charge is -2.17. The number of H-pyrrole nitrogens is 1. The summed E-state index contributed by atoms with van der Waals surface area (Å²) in [6, 6.07) is 0. The highest BCUT2D eigenvalue weighted by molar-refractivity contribution is 7.50. The standard InChI is InChI=1S/C9H13FN3O8P/c10-3-1-13(9(17)12-7(3)16)8-6(15)5(14)4(21-8)2-20-22(11,18)19/h1,4-6,8,14-15H,2H2,(H3,11,18,19)(H,12,16,17)/t4-,5-,6-,8-/m1/s1. The van der Waals surface area contributed by atoms with Crippen LogP contribution in [0.5, 0.6) is 0 Å². The summed E-state index contributed by atoms with van der Waals surface area (Å²) in [5, 5.41) is 19.6. The summed E-state index contributed by atoms with van der Waals surface area (Å²) in [5.74, 6) is -1.30. The summed E-state index contributed by atoms with van der Waals surface area (Å²) in [4.78, 5) is 33.0. The van der Waals surface area contributed by atoms with Gasteiger partial charge < -0.3 is 19.8 Å². The van der Waals surface area contributed by atoms with Crippen LogP contribution in [0.15, 0.2) is 15.8 Å². The minimum Gasteiger partial charge on any atom is -0.387 e. The highest BCUT2D eigenvalue weighted by Crippen LogP contribution is 2.35. The lowest BCUT2D eigenvalue weighted by molar-refractivity contribution is -0.0529. The van der Waals surface area contributed by atoms with Gasteiger partial charge in [0.15, 0.2) is 6.23 Å². The number of aromatic nitrogens is 2. The van der Waals surface area contributed by atoms with Crippen LogP contribution in [0, 0.1) is 5.82 Å². The molecule has 6 N–H and O–H groups in total. The van der Waals surface area contributed by atoms with Crippen LogP contribution in [-0.2, 0) is 13.8 Å². The summed E-state index contributed by atoms with van der Waals surface area (Å²) in [6.45, 7) is -0.653. The molecule has 2 heterocycles. The van der Waals surface area contributed by atoms with Crippen molar-refractivity contribution in [3.63, 3.8) is 0 Å². The van der Waals surface area contributed by atoms with Crippen LogP contribution >= 0.6 is 7.75 Å². The number of rotatable bonds is 4. The molecule has 0 saturated carbocycles. The van der Waals surface area contributed by atoms with Crippen molar-refractivity contribution in [3.8, 4) is 0 Å². The summed E-state index contributed by atoms with van der Waals surface area (Å²) in [6.07, 6.45) is -5.60. The molecule has 1 fully saturated rings. The molecule has 1 saturated heterocycles. The average Bonchev–Trinajstić information content (AvgIpc) is 2.68. The van der Waals surface area contributed by atoms with Crippen LogP contribution in [0.4, 0.5) is 4.39 Å². The lowest BCUT2D eigenvalue weighted by Crippen LogP contribution is -2.38. The van der Waals surface area contributed by atoms with Crippen molar-refractivity contribution < 1.29 is 33.3 Å². The van der Waals surface area contributed by atoms with Crippen LogP contribution < -0.4 is 16.8 Å². The molecule has 0 aromatic carbocycles. The van der Waals surface area contributed by atoms with Gasteiger partial charge in [-0.2, -0.15) is 4.39 Å². The number of hydrogen-bond donors (Lipinski definition) is 5. The summed E-state index contributed by atoms with van der Waals surface area (Å²) >= 11 is 0. The number of aliphatic hydroxyl groups is 2. The Kier molecular flexibility index (Phi) is 4.63. The maximum Gasteiger partial charge on any atom is 0.400 e. The normalized spacial score (nSPS) is 31.1. The van der Waals surface area contributed by atoms with E-state index in [9.17, 15) is 28.8 Å². The number of aliphatic hydroxyl groups excluding tert-OH is 2. The highest BCUT2D eigenvalue weighted by atomic mass is 31.2. The van der Waals surface area contributed by atoms with Gasteiger partial charge >= 0.3 is 13.4 Å². The fourth-order valence-corrected chi connectivity index (χ4v) is 2.29. The smallest absolute Gasteiger partial charge is 0.387 e.